The summed E-state index contributed by atoms with van der Waals surface area (Å²) in [7, 11) is 0. The molecule has 1 saturated heterocycles. The van der Waals surface area contributed by atoms with E-state index in [1.807, 2.05) is 6.92 Å². The van der Waals surface area contributed by atoms with E-state index in [1.54, 1.807) is 6.92 Å². The number of ether oxygens (including phenoxy) is 1. The van der Waals surface area contributed by atoms with Gasteiger partial charge in [-0.2, -0.15) is 0 Å². The molecule has 126 valence electrons. The Balaban J connectivity index is 1.80. The van der Waals surface area contributed by atoms with Crippen molar-refractivity contribution >= 4 is 5.91 Å². The van der Waals surface area contributed by atoms with Gasteiger partial charge in [0, 0.05) is 39.7 Å². The molecule has 4 heteroatoms. The fraction of sp³-hybridized carbons (Fsp3) is 0.632. The van der Waals surface area contributed by atoms with Crippen molar-refractivity contribution in [3.05, 3.63) is 35.4 Å². The van der Waals surface area contributed by atoms with Crippen LogP contribution in [-0.2, 0) is 21.5 Å². The van der Waals surface area contributed by atoms with Crippen LogP contribution in [0.5, 0.6) is 0 Å². The van der Waals surface area contributed by atoms with Gasteiger partial charge in [0.2, 0.25) is 5.91 Å². The Bertz CT molecular complexity index is 550. The molecule has 0 radical (unpaired) electrons. The number of fused-ring (bicyclic) bond motifs is 2. The smallest absolute Gasteiger partial charge is 0.220 e. The van der Waals surface area contributed by atoms with Gasteiger partial charge in [-0.3, -0.25) is 4.79 Å². The minimum atomic E-state index is -0.0945. The summed E-state index contributed by atoms with van der Waals surface area (Å²) >= 11 is 0. The number of piperidine rings is 1. The summed E-state index contributed by atoms with van der Waals surface area (Å²) in [4.78, 5) is 16.9. The maximum Gasteiger partial charge on any atom is 0.220 e. The number of benzene rings is 1. The van der Waals surface area contributed by atoms with Crippen molar-refractivity contribution in [1.82, 2.24) is 9.80 Å². The Labute approximate surface area is 139 Å². The van der Waals surface area contributed by atoms with Crippen LogP contribution in [0, 0.1) is 0 Å². The summed E-state index contributed by atoms with van der Waals surface area (Å²) in [5.74, 6) is 0.210. The molecule has 1 fully saturated rings. The Morgan fingerprint density at radius 2 is 1.96 bits per heavy atom. The predicted molar refractivity (Wildman–Crippen MR) is 91.4 cm³/mol. The average Bonchev–Trinajstić information content (AvgIpc) is 2.57. The number of nitrogens with zero attached hydrogens (tertiary/aromatic N) is 2. The number of amides is 1. The van der Waals surface area contributed by atoms with E-state index in [1.165, 1.54) is 11.1 Å². The first kappa shape index (κ1) is 16.5. The van der Waals surface area contributed by atoms with Crippen molar-refractivity contribution in [2.24, 2.45) is 0 Å². The molecular weight excluding hydrogens is 288 g/mol. The molecule has 1 aromatic carbocycles. The quantitative estimate of drug-likeness (QED) is 0.800. The molecule has 1 spiro atoms. The minimum absolute atomic E-state index is 0.0945. The SMILES string of the molecule is CCOCCN1CCC2(CC1)c1ccccc1CCN2C(C)=O. The molecule has 2 aliphatic rings. The highest BCUT2D eigenvalue weighted by Gasteiger charge is 2.45. The second-order valence-electron chi connectivity index (χ2n) is 6.65. The topological polar surface area (TPSA) is 32.8 Å². The van der Waals surface area contributed by atoms with Gasteiger partial charge >= 0.3 is 0 Å². The van der Waals surface area contributed by atoms with Gasteiger partial charge in [0.25, 0.3) is 0 Å². The minimum Gasteiger partial charge on any atom is -0.380 e. The normalized spacial score (nSPS) is 20.5. The van der Waals surface area contributed by atoms with Crippen LogP contribution in [0.25, 0.3) is 0 Å². The number of likely N-dealkylation sites (tertiary alicyclic amines) is 1. The van der Waals surface area contributed by atoms with Crippen molar-refractivity contribution in [2.45, 2.75) is 38.6 Å². The first-order chi connectivity index (χ1) is 11.2. The van der Waals surface area contributed by atoms with Crippen molar-refractivity contribution < 1.29 is 9.53 Å². The zero-order valence-electron chi connectivity index (χ0n) is 14.4. The molecular formula is C19H28N2O2. The van der Waals surface area contributed by atoms with Crippen LogP contribution in [0.15, 0.2) is 24.3 Å². The molecule has 0 aromatic heterocycles. The van der Waals surface area contributed by atoms with Crippen molar-refractivity contribution in [2.75, 3.05) is 39.4 Å². The third-order valence-electron chi connectivity index (χ3n) is 5.46. The first-order valence-electron chi connectivity index (χ1n) is 8.84. The van der Waals surface area contributed by atoms with Crippen molar-refractivity contribution in [3.8, 4) is 0 Å². The molecule has 0 saturated carbocycles. The molecule has 0 bridgehead atoms. The van der Waals surface area contributed by atoms with E-state index in [9.17, 15) is 4.79 Å². The lowest BCUT2D eigenvalue weighted by molar-refractivity contribution is -0.139. The lowest BCUT2D eigenvalue weighted by Crippen LogP contribution is -2.57. The lowest BCUT2D eigenvalue weighted by atomic mass is 9.74. The van der Waals surface area contributed by atoms with E-state index in [4.69, 9.17) is 4.74 Å². The van der Waals surface area contributed by atoms with Crippen LogP contribution in [0.3, 0.4) is 0 Å². The molecule has 3 rings (SSSR count). The van der Waals surface area contributed by atoms with E-state index in [0.29, 0.717) is 0 Å². The molecule has 4 nitrogen and oxygen atoms in total. The van der Waals surface area contributed by atoms with Crippen LogP contribution in [-0.4, -0.2) is 55.1 Å². The largest absolute Gasteiger partial charge is 0.380 e. The van der Waals surface area contributed by atoms with Crippen molar-refractivity contribution in [1.29, 1.82) is 0 Å². The summed E-state index contributed by atoms with van der Waals surface area (Å²) in [6, 6.07) is 8.70. The Morgan fingerprint density at radius 1 is 1.22 bits per heavy atom. The number of hydrogen-bond donors (Lipinski definition) is 0. The molecule has 23 heavy (non-hydrogen) atoms. The van der Waals surface area contributed by atoms with Gasteiger partial charge in [-0.1, -0.05) is 24.3 Å². The van der Waals surface area contributed by atoms with Gasteiger partial charge in [0.1, 0.15) is 0 Å². The zero-order valence-corrected chi connectivity index (χ0v) is 14.4. The fourth-order valence-electron chi connectivity index (χ4n) is 4.27. The predicted octanol–water partition coefficient (Wildman–Crippen LogP) is 2.42. The van der Waals surface area contributed by atoms with Gasteiger partial charge in [0.15, 0.2) is 0 Å². The van der Waals surface area contributed by atoms with E-state index in [2.05, 4.69) is 34.1 Å². The number of hydrogen-bond acceptors (Lipinski definition) is 3. The first-order valence-corrected chi connectivity index (χ1v) is 8.84. The standard InChI is InChI=1S/C19H28N2O2/c1-3-23-15-14-20-12-9-19(10-13-20)18-7-5-4-6-17(18)8-11-21(19)16(2)22/h4-7H,3,8-15H2,1-2H3. The van der Waals surface area contributed by atoms with Gasteiger partial charge in [-0.05, 0) is 37.3 Å². The number of rotatable bonds is 4. The van der Waals surface area contributed by atoms with Crippen LogP contribution in [0.2, 0.25) is 0 Å². The highest BCUT2D eigenvalue weighted by molar-refractivity contribution is 5.75. The Kier molecular flexibility index (Phi) is 5.02. The van der Waals surface area contributed by atoms with Gasteiger partial charge in [-0.15, -0.1) is 0 Å². The van der Waals surface area contributed by atoms with Gasteiger partial charge in [0.05, 0.1) is 12.1 Å². The third-order valence-corrected chi connectivity index (χ3v) is 5.46. The average molecular weight is 316 g/mol. The molecule has 2 aliphatic heterocycles. The second kappa shape index (κ2) is 7.02. The van der Waals surface area contributed by atoms with E-state index in [-0.39, 0.29) is 11.4 Å². The van der Waals surface area contributed by atoms with E-state index in [0.717, 1.165) is 58.7 Å². The summed E-state index contributed by atoms with van der Waals surface area (Å²) in [5.41, 5.74) is 2.71. The van der Waals surface area contributed by atoms with Crippen LogP contribution in [0.4, 0.5) is 0 Å². The van der Waals surface area contributed by atoms with Crippen LogP contribution in [0.1, 0.15) is 37.8 Å². The molecule has 0 atom stereocenters. The molecule has 0 N–H and O–H groups in total. The van der Waals surface area contributed by atoms with E-state index >= 15 is 0 Å². The molecule has 1 amide bonds. The highest BCUT2D eigenvalue weighted by Crippen LogP contribution is 2.43. The molecule has 2 heterocycles. The van der Waals surface area contributed by atoms with Crippen LogP contribution < -0.4 is 0 Å². The maximum atomic E-state index is 12.3. The molecule has 0 aliphatic carbocycles. The number of carbonyl (C=O) groups is 1. The maximum absolute atomic E-state index is 12.3. The van der Waals surface area contributed by atoms with Gasteiger partial charge < -0.3 is 14.5 Å². The second-order valence-corrected chi connectivity index (χ2v) is 6.65. The fourth-order valence-corrected chi connectivity index (χ4v) is 4.27. The number of carbonyl (C=O) groups excluding carboxylic acids is 1. The molecule has 1 aromatic rings. The monoisotopic (exact) mass is 316 g/mol. The summed E-state index contributed by atoms with van der Waals surface area (Å²) in [5, 5.41) is 0. The molecule has 0 unspecified atom stereocenters. The summed E-state index contributed by atoms with van der Waals surface area (Å²) in [6.45, 7) is 9.25. The van der Waals surface area contributed by atoms with Gasteiger partial charge in [-0.25, -0.2) is 0 Å². The van der Waals surface area contributed by atoms with E-state index < -0.39 is 0 Å². The zero-order chi connectivity index (χ0) is 16.3. The van der Waals surface area contributed by atoms with Crippen LogP contribution >= 0.6 is 0 Å². The summed E-state index contributed by atoms with van der Waals surface area (Å²) < 4.78 is 5.48. The van der Waals surface area contributed by atoms with Crippen molar-refractivity contribution in [3.63, 3.8) is 0 Å². The Morgan fingerprint density at radius 3 is 2.65 bits per heavy atom. The lowest BCUT2D eigenvalue weighted by Gasteiger charge is -2.52. The third kappa shape index (κ3) is 3.15. The Hall–Kier alpha value is -1.39. The summed E-state index contributed by atoms with van der Waals surface area (Å²) in [6.07, 6.45) is 3.02. The highest BCUT2D eigenvalue weighted by atomic mass is 16.5.